The molecule has 0 saturated carbocycles. The largest absolute Gasteiger partial charge is 0.335 e. The summed E-state index contributed by atoms with van der Waals surface area (Å²) in [6, 6.07) is 8.68. The number of hydrogen-bond acceptors (Lipinski definition) is 4. The number of anilines is 1. The molecule has 2 aromatic rings. The Morgan fingerprint density at radius 2 is 1.50 bits per heavy atom. The lowest BCUT2D eigenvalue weighted by molar-refractivity contribution is -0.115. The van der Waals surface area contributed by atoms with E-state index in [1.54, 1.807) is 52.5 Å². The lowest BCUT2D eigenvalue weighted by Crippen LogP contribution is -2.50. The van der Waals surface area contributed by atoms with E-state index in [-0.39, 0.29) is 17.7 Å². The molecule has 0 aliphatic carbocycles. The van der Waals surface area contributed by atoms with E-state index >= 15 is 0 Å². The summed E-state index contributed by atoms with van der Waals surface area (Å²) in [5, 5.41) is 2.76. The van der Waals surface area contributed by atoms with Crippen molar-refractivity contribution < 1.29 is 14.4 Å². The molecule has 0 radical (unpaired) electrons. The molecule has 1 saturated heterocycles. The van der Waals surface area contributed by atoms with Gasteiger partial charge in [-0.05, 0) is 35.9 Å². The Morgan fingerprint density at radius 1 is 0.885 bits per heavy atom. The number of carbonyl (C=O) groups is 3. The second-order valence-electron chi connectivity index (χ2n) is 6.42. The molecule has 26 heavy (non-hydrogen) atoms. The molecule has 7 nitrogen and oxygen atoms in total. The molecule has 0 bridgehead atoms. The summed E-state index contributed by atoms with van der Waals surface area (Å²) in [5.74, 6) is -0.155. The fourth-order valence-corrected chi connectivity index (χ4v) is 3.33. The minimum Gasteiger partial charge on any atom is -0.335 e. The molecule has 3 amide bonds. The van der Waals surface area contributed by atoms with E-state index in [0.29, 0.717) is 43.7 Å². The Kier molecular flexibility index (Phi) is 4.12. The van der Waals surface area contributed by atoms with Crippen LogP contribution < -0.4 is 5.32 Å². The fraction of sp³-hybridized carbons (Fsp3) is 0.263. The van der Waals surface area contributed by atoms with E-state index in [1.807, 2.05) is 0 Å². The van der Waals surface area contributed by atoms with Gasteiger partial charge in [0.25, 0.3) is 11.8 Å². The summed E-state index contributed by atoms with van der Waals surface area (Å²) in [6.07, 6.45) is 3.51. The standard InChI is InChI=1S/C19H18N4O3/c24-17-12-15-11-14(1-2-16(15)21-17)19(26)23-9-7-22(8-10-23)18(25)13-3-5-20-6-4-13/h1-6,11H,7-10,12H2,(H,21,24). The Bertz CT molecular complexity index is 874. The van der Waals surface area contributed by atoms with Crippen molar-refractivity contribution in [2.45, 2.75) is 6.42 Å². The van der Waals surface area contributed by atoms with Crippen molar-refractivity contribution in [1.82, 2.24) is 14.8 Å². The van der Waals surface area contributed by atoms with Gasteiger partial charge < -0.3 is 15.1 Å². The molecule has 132 valence electrons. The Balaban J connectivity index is 1.40. The van der Waals surface area contributed by atoms with Crippen LogP contribution in [0.4, 0.5) is 5.69 Å². The van der Waals surface area contributed by atoms with Gasteiger partial charge in [0.15, 0.2) is 0 Å². The van der Waals surface area contributed by atoms with Crippen LogP contribution in [0.3, 0.4) is 0 Å². The monoisotopic (exact) mass is 350 g/mol. The van der Waals surface area contributed by atoms with E-state index in [2.05, 4.69) is 10.3 Å². The molecule has 3 heterocycles. The van der Waals surface area contributed by atoms with Gasteiger partial charge in [0.2, 0.25) is 5.91 Å². The zero-order chi connectivity index (χ0) is 18.1. The number of nitrogens with zero attached hydrogens (tertiary/aromatic N) is 3. The van der Waals surface area contributed by atoms with Crippen LogP contribution in [0.15, 0.2) is 42.7 Å². The van der Waals surface area contributed by atoms with Crippen LogP contribution in [0.5, 0.6) is 0 Å². The number of piperazine rings is 1. The van der Waals surface area contributed by atoms with Crippen molar-refractivity contribution in [2.24, 2.45) is 0 Å². The number of nitrogens with one attached hydrogen (secondary N) is 1. The van der Waals surface area contributed by atoms with Crippen molar-refractivity contribution in [3.8, 4) is 0 Å². The lowest BCUT2D eigenvalue weighted by Gasteiger charge is -2.35. The lowest BCUT2D eigenvalue weighted by atomic mass is 10.1. The predicted molar refractivity (Wildman–Crippen MR) is 94.8 cm³/mol. The van der Waals surface area contributed by atoms with Gasteiger partial charge in [0.1, 0.15) is 0 Å². The van der Waals surface area contributed by atoms with Crippen LogP contribution >= 0.6 is 0 Å². The van der Waals surface area contributed by atoms with Crippen molar-refractivity contribution >= 4 is 23.4 Å². The van der Waals surface area contributed by atoms with Gasteiger partial charge in [-0.15, -0.1) is 0 Å². The molecule has 0 atom stereocenters. The minimum atomic E-state index is -0.0665. The van der Waals surface area contributed by atoms with Gasteiger partial charge in [0, 0.05) is 55.4 Å². The predicted octanol–water partition coefficient (Wildman–Crippen LogP) is 1.17. The minimum absolute atomic E-state index is 0.0402. The molecule has 7 heteroatoms. The zero-order valence-corrected chi connectivity index (χ0v) is 14.1. The van der Waals surface area contributed by atoms with Gasteiger partial charge >= 0.3 is 0 Å². The first-order valence-corrected chi connectivity index (χ1v) is 8.53. The molecule has 1 N–H and O–H groups in total. The highest BCUT2D eigenvalue weighted by Gasteiger charge is 2.26. The maximum atomic E-state index is 12.7. The first-order chi connectivity index (χ1) is 12.6. The maximum absolute atomic E-state index is 12.7. The van der Waals surface area contributed by atoms with Crippen LogP contribution in [-0.2, 0) is 11.2 Å². The number of aromatic nitrogens is 1. The molecule has 1 aromatic heterocycles. The molecular formula is C19H18N4O3. The van der Waals surface area contributed by atoms with Crippen molar-refractivity contribution in [1.29, 1.82) is 0 Å². The smallest absolute Gasteiger partial charge is 0.254 e. The van der Waals surface area contributed by atoms with Gasteiger partial charge in [0.05, 0.1) is 6.42 Å². The number of pyridine rings is 1. The van der Waals surface area contributed by atoms with Crippen molar-refractivity contribution in [3.05, 3.63) is 59.4 Å². The third-order valence-corrected chi connectivity index (χ3v) is 4.76. The first kappa shape index (κ1) is 16.3. The summed E-state index contributed by atoms with van der Waals surface area (Å²) in [5.41, 5.74) is 2.82. The highest BCUT2D eigenvalue weighted by atomic mass is 16.2. The quantitative estimate of drug-likeness (QED) is 0.882. The third-order valence-electron chi connectivity index (χ3n) is 4.76. The average Bonchev–Trinajstić information content (AvgIpc) is 3.07. The molecule has 2 aliphatic rings. The summed E-state index contributed by atoms with van der Waals surface area (Å²) in [4.78, 5) is 44.1. The van der Waals surface area contributed by atoms with E-state index < -0.39 is 0 Å². The normalized spacial score (nSPS) is 16.2. The zero-order valence-electron chi connectivity index (χ0n) is 14.1. The Labute approximate surface area is 150 Å². The fourth-order valence-electron chi connectivity index (χ4n) is 3.33. The highest BCUT2D eigenvalue weighted by molar-refractivity contribution is 6.01. The third kappa shape index (κ3) is 3.03. The summed E-state index contributed by atoms with van der Waals surface area (Å²) < 4.78 is 0. The average molecular weight is 350 g/mol. The molecular weight excluding hydrogens is 332 g/mol. The Morgan fingerprint density at radius 3 is 2.15 bits per heavy atom. The molecule has 4 rings (SSSR count). The topological polar surface area (TPSA) is 82.6 Å². The number of hydrogen-bond donors (Lipinski definition) is 1. The van der Waals surface area contributed by atoms with Crippen molar-refractivity contribution in [2.75, 3.05) is 31.5 Å². The summed E-state index contributed by atoms with van der Waals surface area (Å²) in [6.45, 7) is 1.98. The SMILES string of the molecule is O=C1Cc2cc(C(=O)N3CCN(C(=O)c4ccncc4)CC3)ccc2N1. The van der Waals surface area contributed by atoms with Gasteiger partial charge in [-0.1, -0.05) is 0 Å². The van der Waals surface area contributed by atoms with Crippen LogP contribution in [0.25, 0.3) is 0 Å². The molecule has 0 unspecified atom stereocenters. The number of benzene rings is 1. The summed E-state index contributed by atoms with van der Waals surface area (Å²) >= 11 is 0. The number of fused-ring (bicyclic) bond motifs is 1. The Hall–Kier alpha value is -3.22. The van der Waals surface area contributed by atoms with E-state index in [0.717, 1.165) is 11.3 Å². The maximum Gasteiger partial charge on any atom is 0.254 e. The van der Waals surface area contributed by atoms with Crippen LogP contribution in [0, 0.1) is 0 Å². The first-order valence-electron chi connectivity index (χ1n) is 8.53. The van der Waals surface area contributed by atoms with Crippen LogP contribution in [-0.4, -0.2) is 58.7 Å². The summed E-state index contributed by atoms with van der Waals surface area (Å²) in [7, 11) is 0. The van der Waals surface area contributed by atoms with Gasteiger partial charge in [-0.3, -0.25) is 19.4 Å². The molecule has 2 aliphatic heterocycles. The molecule has 0 spiro atoms. The van der Waals surface area contributed by atoms with E-state index in [1.165, 1.54) is 0 Å². The van der Waals surface area contributed by atoms with Crippen LogP contribution in [0.1, 0.15) is 26.3 Å². The number of rotatable bonds is 2. The van der Waals surface area contributed by atoms with Gasteiger partial charge in [-0.25, -0.2) is 0 Å². The number of amides is 3. The van der Waals surface area contributed by atoms with E-state index in [9.17, 15) is 14.4 Å². The second kappa shape index (κ2) is 6.59. The van der Waals surface area contributed by atoms with Crippen molar-refractivity contribution in [3.63, 3.8) is 0 Å². The molecule has 1 fully saturated rings. The van der Waals surface area contributed by atoms with Gasteiger partial charge in [-0.2, -0.15) is 0 Å². The highest BCUT2D eigenvalue weighted by Crippen LogP contribution is 2.24. The molecule has 1 aromatic carbocycles. The van der Waals surface area contributed by atoms with E-state index in [4.69, 9.17) is 0 Å². The number of carbonyl (C=O) groups excluding carboxylic acids is 3. The van der Waals surface area contributed by atoms with Crippen LogP contribution in [0.2, 0.25) is 0 Å². The second-order valence-corrected chi connectivity index (χ2v) is 6.42.